The van der Waals surface area contributed by atoms with Crippen molar-refractivity contribution in [2.45, 2.75) is 20.3 Å². The van der Waals surface area contributed by atoms with Gasteiger partial charge in [-0.1, -0.05) is 30.1 Å². The van der Waals surface area contributed by atoms with Crippen LogP contribution in [0.1, 0.15) is 19.0 Å². The lowest BCUT2D eigenvalue weighted by Gasteiger charge is -2.11. The van der Waals surface area contributed by atoms with Crippen LogP contribution in [0.25, 0.3) is 10.9 Å². The van der Waals surface area contributed by atoms with E-state index in [1.807, 2.05) is 19.1 Å². The number of pyridine rings is 1. The zero-order chi connectivity index (χ0) is 12.4. The minimum atomic E-state index is 0.593. The molecule has 0 atom stereocenters. The molecule has 0 fully saturated rings. The SMILES string of the molecule is CCCNc1cc(C)nc2c(Cl)cc(Cl)cc12. The molecule has 0 unspecified atom stereocenters. The maximum Gasteiger partial charge on any atom is 0.0913 e. The average Bonchev–Trinajstić information content (AvgIpc) is 2.27. The number of benzene rings is 1. The van der Waals surface area contributed by atoms with E-state index < -0.39 is 0 Å². The minimum absolute atomic E-state index is 0.593. The van der Waals surface area contributed by atoms with E-state index in [1.54, 1.807) is 6.07 Å². The second-order valence-corrected chi connectivity index (χ2v) is 4.87. The highest BCUT2D eigenvalue weighted by atomic mass is 35.5. The first-order valence-electron chi connectivity index (χ1n) is 5.62. The lowest BCUT2D eigenvalue weighted by molar-refractivity contribution is 0.980. The lowest BCUT2D eigenvalue weighted by Crippen LogP contribution is -2.01. The molecule has 0 aliphatic carbocycles. The summed E-state index contributed by atoms with van der Waals surface area (Å²) in [7, 11) is 0. The molecule has 17 heavy (non-hydrogen) atoms. The predicted octanol–water partition coefficient (Wildman–Crippen LogP) is 4.67. The van der Waals surface area contributed by atoms with Gasteiger partial charge in [-0.25, -0.2) is 0 Å². The molecule has 90 valence electrons. The number of anilines is 1. The zero-order valence-electron chi connectivity index (χ0n) is 9.85. The first kappa shape index (κ1) is 12.5. The van der Waals surface area contributed by atoms with Gasteiger partial charge >= 0.3 is 0 Å². The summed E-state index contributed by atoms with van der Waals surface area (Å²) in [4.78, 5) is 4.45. The first-order chi connectivity index (χ1) is 8.11. The molecule has 1 aromatic heterocycles. The Bertz CT molecular complexity index is 553. The predicted molar refractivity (Wildman–Crippen MR) is 75.3 cm³/mol. The van der Waals surface area contributed by atoms with Crippen LogP contribution in [0.3, 0.4) is 0 Å². The number of aryl methyl sites for hydroxylation is 1. The number of hydrogen-bond acceptors (Lipinski definition) is 2. The van der Waals surface area contributed by atoms with Crippen molar-refractivity contribution in [1.29, 1.82) is 0 Å². The summed E-state index contributed by atoms with van der Waals surface area (Å²) in [5.41, 5.74) is 2.79. The van der Waals surface area contributed by atoms with Crippen molar-refractivity contribution < 1.29 is 0 Å². The highest BCUT2D eigenvalue weighted by molar-refractivity contribution is 6.38. The fourth-order valence-corrected chi connectivity index (χ4v) is 2.32. The van der Waals surface area contributed by atoms with E-state index in [4.69, 9.17) is 23.2 Å². The summed E-state index contributed by atoms with van der Waals surface area (Å²) in [5, 5.41) is 5.57. The Balaban J connectivity index is 2.64. The van der Waals surface area contributed by atoms with Gasteiger partial charge in [-0.3, -0.25) is 4.98 Å². The third-order valence-electron chi connectivity index (χ3n) is 2.53. The highest BCUT2D eigenvalue weighted by Crippen LogP contribution is 2.31. The quantitative estimate of drug-likeness (QED) is 0.875. The fraction of sp³-hybridized carbons (Fsp3) is 0.308. The maximum atomic E-state index is 6.17. The van der Waals surface area contributed by atoms with Crippen LogP contribution in [0.2, 0.25) is 10.0 Å². The van der Waals surface area contributed by atoms with Crippen molar-refractivity contribution in [1.82, 2.24) is 4.98 Å². The Hall–Kier alpha value is -0.990. The molecule has 2 nitrogen and oxygen atoms in total. The van der Waals surface area contributed by atoms with E-state index in [0.717, 1.165) is 35.2 Å². The van der Waals surface area contributed by atoms with Crippen molar-refractivity contribution in [2.75, 3.05) is 11.9 Å². The van der Waals surface area contributed by atoms with Gasteiger partial charge in [0, 0.05) is 28.3 Å². The molecule has 2 aromatic rings. The average molecular weight is 269 g/mol. The third kappa shape index (κ3) is 2.64. The number of fused-ring (bicyclic) bond motifs is 1. The Morgan fingerprint density at radius 3 is 2.71 bits per heavy atom. The molecular formula is C13H14Cl2N2. The summed E-state index contributed by atoms with van der Waals surface area (Å²) in [6.45, 7) is 5.01. The number of nitrogens with one attached hydrogen (secondary N) is 1. The second-order valence-electron chi connectivity index (χ2n) is 4.02. The topological polar surface area (TPSA) is 24.9 Å². The van der Waals surface area contributed by atoms with Crippen LogP contribution in [-0.4, -0.2) is 11.5 Å². The van der Waals surface area contributed by atoms with Crippen LogP contribution in [0.5, 0.6) is 0 Å². The van der Waals surface area contributed by atoms with Gasteiger partial charge in [0.05, 0.1) is 10.5 Å². The van der Waals surface area contributed by atoms with Gasteiger partial charge in [0.15, 0.2) is 0 Å². The summed E-state index contributed by atoms with van der Waals surface area (Å²) >= 11 is 12.2. The van der Waals surface area contributed by atoms with Crippen molar-refractivity contribution >= 4 is 39.8 Å². The molecule has 0 radical (unpaired) electrons. The molecule has 0 bridgehead atoms. The lowest BCUT2D eigenvalue weighted by atomic mass is 10.1. The summed E-state index contributed by atoms with van der Waals surface area (Å²) in [6, 6.07) is 5.64. The molecule has 0 spiro atoms. The molecule has 2 rings (SSSR count). The molecule has 1 N–H and O–H groups in total. The first-order valence-corrected chi connectivity index (χ1v) is 6.37. The van der Waals surface area contributed by atoms with Crippen LogP contribution in [0, 0.1) is 6.92 Å². The van der Waals surface area contributed by atoms with Crippen molar-refractivity contribution in [3.8, 4) is 0 Å². The molecule has 0 aliphatic rings. The van der Waals surface area contributed by atoms with Gasteiger partial charge in [-0.15, -0.1) is 0 Å². The molecule has 0 aliphatic heterocycles. The van der Waals surface area contributed by atoms with Gasteiger partial charge in [0.2, 0.25) is 0 Å². The fourth-order valence-electron chi connectivity index (χ4n) is 1.79. The molecule has 0 saturated carbocycles. The molecule has 4 heteroatoms. The number of rotatable bonds is 3. The van der Waals surface area contributed by atoms with Crippen molar-refractivity contribution in [3.05, 3.63) is 33.9 Å². The van der Waals surface area contributed by atoms with E-state index in [-0.39, 0.29) is 0 Å². The maximum absolute atomic E-state index is 6.17. The second kappa shape index (κ2) is 5.11. The van der Waals surface area contributed by atoms with Crippen LogP contribution in [-0.2, 0) is 0 Å². The van der Waals surface area contributed by atoms with E-state index >= 15 is 0 Å². The Labute approximate surface area is 111 Å². The van der Waals surface area contributed by atoms with Gasteiger partial charge < -0.3 is 5.32 Å². The van der Waals surface area contributed by atoms with Gasteiger partial charge in [-0.2, -0.15) is 0 Å². The van der Waals surface area contributed by atoms with Crippen LogP contribution in [0.4, 0.5) is 5.69 Å². The smallest absolute Gasteiger partial charge is 0.0913 e. The normalized spacial score (nSPS) is 10.8. The van der Waals surface area contributed by atoms with Gasteiger partial charge in [-0.05, 0) is 31.5 Å². The van der Waals surface area contributed by atoms with Crippen molar-refractivity contribution in [2.24, 2.45) is 0 Å². The largest absolute Gasteiger partial charge is 0.384 e. The Kier molecular flexibility index (Phi) is 3.75. The van der Waals surface area contributed by atoms with E-state index in [2.05, 4.69) is 17.2 Å². The number of nitrogens with zero attached hydrogens (tertiary/aromatic N) is 1. The Morgan fingerprint density at radius 1 is 1.24 bits per heavy atom. The number of halogens is 2. The molecule has 1 heterocycles. The number of hydrogen-bond donors (Lipinski definition) is 1. The third-order valence-corrected chi connectivity index (χ3v) is 3.03. The zero-order valence-corrected chi connectivity index (χ0v) is 11.4. The highest BCUT2D eigenvalue weighted by Gasteiger charge is 2.08. The number of aromatic nitrogens is 1. The van der Waals surface area contributed by atoms with Crippen LogP contribution in [0.15, 0.2) is 18.2 Å². The standard InChI is InChI=1S/C13H14Cl2N2/c1-3-4-16-12-5-8(2)17-13-10(12)6-9(14)7-11(13)15/h5-7H,3-4H2,1-2H3,(H,16,17). The van der Waals surface area contributed by atoms with Gasteiger partial charge in [0.1, 0.15) is 0 Å². The Morgan fingerprint density at radius 2 is 2.00 bits per heavy atom. The molecule has 0 amide bonds. The van der Waals surface area contributed by atoms with Crippen molar-refractivity contribution in [3.63, 3.8) is 0 Å². The summed E-state index contributed by atoms with van der Waals surface area (Å²) < 4.78 is 0. The summed E-state index contributed by atoms with van der Waals surface area (Å²) in [6.07, 6.45) is 1.07. The van der Waals surface area contributed by atoms with E-state index in [9.17, 15) is 0 Å². The van der Waals surface area contributed by atoms with Crippen LogP contribution < -0.4 is 5.32 Å². The molecule has 1 aromatic carbocycles. The van der Waals surface area contributed by atoms with Gasteiger partial charge in [0.25, 0.3) is 0 Å². The van der Waals surface area contributed by atoms with E-state index in [0.29, 0.717) is 10.0 Å². The summed E-state index contributed by atoms with van der Waals surface area (Å²) in [5.74, 6) is 0. The monoisotopic (exact) mass is 268 g/mol. The van der Waals surface area contributed by atoms with E-state index in [1.165, 1.54) is 0 Å². The molecular weight excluding hydrogens is 255 g/mol. The minimum Gasteiger partial charge on any atom is -0.384 e. The van der Waals surface area contributed by atoms with Crippen LogP contribution >= 0.6 is 23.2 Å². The molecule has 0 saturated heterocycles.